The topological polar surface area (TPSA) is 16.4 Å². The molecule has 12 rings (SSSR count). The number of anilines is 3. The van der Waals surface area contributed by atoms with E-state index in [4.69, 9.17) is 4.42 Å². The molecular formula is C59H39NO. The van der Waals surface area contributed by atoms with Gasteiger partial charge in [-0.05, 0) is 150 Å². The Labute approximate surface area is 354 Å². The molecule has 0 saturated carbocycles. The molecule has 0 N–H and O–H groups in total. The number of furan rings is 1. The number of benzene rings is 11. The summed E-state index contributed by atoms with van der Waals surface area (Å²) in [5.41, 5.74) is 13.2. The lowest BCUT2D eigenvalue weighted by atomic mass is 9.96. The molecular weight excluding hydrogens is 739 g/mol. The number of para-hydroxylation sites is 1. The predicted octanol–water partition coefficient (Wildman–Crippen LogP) is 17.0. The molecule has 12 aromatic rings. The van der Waals surface area contributed by atoms with Crippen molar-refractivity contribution in [1.29, 1.82) is 0 Å². The summed E-state index contributed by atoms with van der Waals surface area (Å²) < 4.78 is 6.93. The van der Waals surface area contributed by atoms with Crippen molar-refractivity contribution in [3.05, 3.63) is 224 Å². The lowest BCUT2D eigenvalue weighted by molar-refractivity contribution is 0.666. The molecule has 11 aromatic carbocycles. The second-order valence-corrected chi connectivity index (χ2v) is 16.2. The largest absolute Gasteiger partial charge is 0.454 e. The van der Waals surface area contributed by atoms with Gasteiger partial charge in [-0.3, -0.25) is 0 Å². The summed E-state index contributed by atoms with van der Waals surface area (Å²) in [5.74, 6) is 0. The zero-order chi connectivity index (χ0) is 40.4. The number of aryl methyl sites for hydroxylation is 1. The molecule has 0 radical (unpaired) electrons. The highest BCUT2D eigenvalue weighted by molar-refractivity contribution is 6.21. The molecule has 0 aliphatic carbocycles. The van der Waals surface area contributed by atoms with Gasteiger partial charge in [-0.25, -0.2) is 0 Å². The van der Waals surface area contributed by atoms with Gasteiger partial charge in [0.2, 0.25) is 0 Å². The van der Waals surface area contributed by atoms with Crippen LogP contribution in [0.1, 0.15) is 5.56 Å². The Morgan fingerprint density at radius 2 is 0.721 bits per heavy atom. The number of rotatable bonds is 6. The molecule has 0 saturated heterocycles. The van der Waals surface area contributed by atoms with Crippen LogP contribution in [-0.4, -0.2) is 0 Å². The summed E-state index contributed by atoms with van der Waals surface area (Å²) in [6.45, 7) is 2.15. The third-order valence-electron chi connectivity index (χ3n) is 12.5. The first-order valence-electron chi connectivity index (χ1n) is 21.0. The summed E-state index contributed by atoms with van der Waals surface area (Å²) in [4.78, 5) is 2.34. The van der Waals surface area contributed by atoms with Crippen LogP contribution in [0.4, 0.5) is 17.1 Å². The predicted molar refractivity (Wildman–Crippen MR) is 259 cm³/mol. The van der Waals surface area contributed by atoms with Gasteiger partial charge < -0.3 is 9.32 Å². The van der Waals surface area contributed by atoms with E-state index in [1.807, 2.05) is 0 Å². The Bertz CT molecular complexity index is 3650. The van der Waals surface area contributed by atoms with Crippen molar-refractivity contribution in [1.82, 2.24) is 0 Å². The minimum absolute atomic E-state index is 0.872. The highest BCUT2D eigenvalue weighted by Gasteiger charge is 2.21. The summed E-state index contributed by atoms with van der Waals surface area (Å²) in [6.07, 6.45) is 0. The van der Waals surface area contributed by atoms with Crippen molar-refractivity contribution < 1.29 is 4.42 Å². The monoisotopic (exact) mass is 777 g/mol. The lowest BCUT2D eigenvalue weighted by Gasteiger charge is -2.26. The van der Waals surface area contributed by atoms with Gasteiger partial charge in [-0.2, -0.15) is 0 Å². The molecule has 1 aromatic heterocycles. The Balaban J connectivity index is 0.946. The van der Waals surface area contributed by atoms with Gasteiger partial charge >= 0.3 is 0 Å². The molecule has 0 amide bonds. The molecule has 2 heteroatoms. The minimum Gasteiger partial charge on any atom is -0.454 e. The summed E-state index contributed by atoms with van der Waals surface area (Å²) in [7, 11) is 0. The standard InChI is InChI=1S/C59H39NO/c1-38-33-51-13-6-7-14-54(51)57-55-15-8-16-56(59(55)61-58(38)57)60(52-29-25-41(26-30-52)45-19-17-39-9-2-4-11-43(39)34-45)53-31-27-42(28-32-53)46-21-22-49-37-50(24-23-48(49)36-46)47-20-18-40-10-3-5-12-44(40)35-47/h2-37H,1H3. The number of hydrogen-bond donors (Lipinski definition) is 0. The highest BCUT2D eigenvalue weighted by atomic mass is 16.3. The smallest absolute Gasteiger partial charge is 0.159 e. The average Bonchev–Trinajstić information content (AvgIpc) is 3.73. The Morgan fingerprint density at radius 3 is 1.26 bits per heavy atom. The van der Waals surface area contributed by atoms with E-state index in [9.17, 15) is 0 Å². The van der Waals surface area contributed by atoms with Gasteiger partial charge in [0.15, 0.2) is 5.58 Å². The van der Waals surface area contributed by atoms with E-state index < -0.39 is 0 Å². The lowest BCUT2D eigenvalue weighted by Crippen LogP contribution is -2.10. The van der Waals surface area contributed by atoms with E-state index in [0.29, 0.717) is 0 Å². The van der Waals surface area contributed by atoms with Gasteiger partial charge in [0.1, 0.15) is 5.58 Å². The summed E-state index contributed by atoms with van der Waals surface area (Å²) in [6, 6.07) is 79.4. The van der Waals surface area contributed by atoms with Gasteiger partial charge in [-0.15, -0.1) is 0 Å². The molecule has 0 aliphatic rings. The van der Waals surface area contributed by atoms with Gasteiger partial charge in [0.05, 0.1) is 5.69 Å². The van der Waals surface area contributed by atoms with E-state index in [1.165, 1.54) is 76.5 Å². The van der Waals surface area contributed by atoms with Crippen LogP contribution in [0.15, 0.2) is 223 Å². The number of nitrogens with zero attached hydrogens (tertiary/aromatic N) is 1. The van der Waals surface area contributed by atoms with Gasteiger partial charge in [0.25, 0.3) is 0 Å². The van der Waals surface area contributed by atoms with Crippen LogP contribution in [0.2, 0.25) is 0 Å². The summed E-state index contributed by atoms with van der Waals surface area (Å²) in [5, 5.41) is 12.1. The first kappa shape index (κ1) is 35.0. The SMILES string of the molecule is Cc1cc2ccccc2c2c1oc1c(N(c3ccc(-c4ccc5ccccc5c4)cc3)c3ccc(-c4ccc5cc(-c6ccc7ccccc7c6)ccc5c4)cc3)cccc12. The van der Waals surface area contributed by atoms with Crippen LogP contribution in [0.3, 0.4) is 0 Å². The Morgan fingerprint density at radius 1 is 0.311 bits per heavy atom. The fourth-order valence-electron chi connectivity index (χ4n) is 9.35. The Kier molecular flexibility index (Phi) is 8.11. The first-order valence-corrected chi connectivity index (χ1v) is 21.0. The summed E-state index contributed by atoms with van der Waals surface area (Å²) >= 11 is 0. The number of fused-ring (bicyclic) bond motifs is 8. The zero-order valence-electron chi connectivity index (χ0n) is 33.6. The second kappa shape index (κ2) is 14.1. The van der Waals surface area contributed by atoms with Crippen molar-refractivity contribution in [3.8, 4) is 33.4 Å². The van der Waals surface area contributed by atoms with E-state index >= 15 is 0 Å². The van der Waals surface area contributed by atoms with Crippen LogP contribution >= 0.6 is 0 Å². The fraction of sp³-hybridized carbons (Fsp3) is 0.0169. The third kappa shape index (κ3) is 6.03. The molecule has 0 fully saturated rings. The van der Waals surface area contributed by atoms with Crippen molar-refractivity contribution in [2.24, 2.45) is 0 Å². The van der Waals surface area contributed by atoms with Crippen molar-refractivity contribution in [2.45, 2.75) is 6.92 Å². The molecule has 0 unspecified atom stereocenters. The van der Waals surface area contributed by atoms with Crippen LogP contribution in [0.5, 0.6) is 0 Å². The Hall–Kier alpha value is -7.94. The molecule has 0 atom stereocenters. The van der Waals surface area contributed by atoms with Crippen LogP contribution in [0.25, 0.3) is 98.4 Å². The van der Waals surface area contributed by atoms with E-state index in [-0.39, 0.29) is 0 Å². The second-order valence-electron chi connectivity index (χ2n) is 16.2. The first-order chi connectivity index (χ1) is 30.1. The molecule has 0 bridgehead atoms. The molecule has 2 nitrogen and oxygen atoms in total. The maximum Gasteiger partial charge on any atom is 0.159 e. The van der Waals surface area contributed by atoms with Gasteiger partial charge in [0, 0.05) is 22.1 Å². The quantitative estimate of drug-likeness (QED) is 0.167. The number of hydrogen-bond acceptors (Lipinski definition) is 2. The van der Waals surface area contributed by atoms with E-state index in [1.54, 1.807) is 0 Å². The molecule has 61 heavy (non-hydrogen) atoms. The maximum absolute atomic E-state index is 6.93. The molecule has 0 spiro atoms. The van der Waals surface area contributed by atoms with Crippen LogP contribution < -0.4 is 4.90 Å². The van der Waals surface area contributed by atoms with Gasteiger partial charge in [-0.1, -0.05) is 158 Å². The van der Waals surface area contributed by atoms with Crippen LogP contribution in [-0.2, 0) is 0 Å². The van der Waals surface area contributed by atoms with Crippen LogP contribution in [0, 0.1) is 6.92 Å². The van der Waals surface area contributed by atoms with E-state index in [0.717, 1.165) is 44.6 Å². The zero-order valence-corrected chi connectivity index (χ0v) is 33.6. The molecule has 1 heterocycles. The average molecular weight is 778 g/mol. The normalized spacial score (nSPS) is 11.7. The molecule has 286 valence electrons. The van der Waals surface area contributed by atoms with Crippen molar-refractivity contribution in [3.63, 3.8) is 0 Å². The highest BCUT2D eigenvalue weighted by Crippen LogP contribution is 2.45. The van der Waals surface area contributed by atoms with E-state index in [2.05, 4.69) is 230 Å². The molecule has 0 aliphatic heterocycles. The van der Waals surface area contributed by atoms with Crippen molar-refractivity contribution in [2.75, 3.05) is 4.90 Å². The third-order valence-corrected chi connectivity index (χ3v) is 12.5. The maximum atomic E-state index is 6.93. The minimum atomic E-state index is 0.872. The van der Waals surface area contributed by atoms with Crippen molar-refractivity contribution >= 4 is 82.1 Å². The fourth-order valence-corrected chi connectivity index (χ4v) is 9.35.